The smallest absolute Gasteiger partial charge is 0.325 e. The first-order valence-corrected chi connectivity index (χ1v) is 6.98. The maximum atomic E-state index is 11.5. The molecule has 0 bridgehead atoms. The van der Waals surface area contributed by atoms with Gasteiger partial charge in [0.05, 0.1) is 6.10 Å². The molecule has 92 valence electrons. The summed E-state index contributed by atoms with van der Waals surface area (Å²) in [5.41, 5.74) is -0.632. The van der Waals surface area contributed by atoms with Crippen LogP contribution in [-0.2, 0) is 9.53 Å². The summed E-state index contributed by atoms with van der Waals surface area (Å²) in [4.78, 5) is 13.7. The maximum Gasteiger partial charge on any atom is 0.325 e. The molecule has 2 saturated heterocycles. The van der Waals surface area contributed by atoms with E-state index in [1.54, 1.807) is 11.8 Å². The highest BCUT2D eigenvalue weighted by molar-refractivity contribution is 7.99. The molecule has 16 heavy (non-hydrogen) atoms. The lowest BCUT2D eigenvalue weighted by Gasteiger charge is -2.37. The van der Waals surface area contributed by atoms with Crippen LogP contribution in [0.15, 0.2) is 0 Å². The zero-order valence-corrected chi connectivity index (χ0v) is 10.5. The third-order valence-corrected chi connectivity index (χ3v) is 4.63. The van der Waals surface area contributed by atoms with Gasteiger partial charge in [-0.1, -0.05) is 0 Å². The van der Waals surface area contributed by atoms with E-state index in [2.05, 4.69) is 4.90 Å². The van der Waals surface area contributed by atoms with Gasteiger partial charge in [-0.25, -0.2) is 0 Å². The van der Waals surface area contributed by atoms with E-state index < -0.39 is 11.5 Å². The molecule has 2 heterocycles. The molecule has 2 rings (SSSR count). The molecule has 2 aliphatic heterocycles. The number of rotatable bonds is 2. The molecule has 2 fully saturated rings. The number of thioether (sulfide) groups is 1. The topological polar surface area (TPSA) is 49.8 Å². The highest BCUT2D eigenvalue weighted by Gasteiger charge is 2.47. The average Bonchev–Trinajstić information content (AvgIpc) is 2.64. The third kappa shape index (κ3) is 2.21. The number of carboxylic acids is 1. The van der Waals surface area contributed by atoms with Gasteiger partial charge in [0.15, 0.2) is 0 Å². The summed E-state index contributed by atoms with van der Waals surface area (Å²) in [5.74, 6) is 1.01. The second-order valence-electron chi connectivity index (χ2n) is 4.62. The number of carboxylic acid groups (broad SMARTS) is 1. The normalized spacial score (nSPS) is 37.2. The fraction of sp³-hybridized carbons (Fsp3) is 0.909. The summed E-state index contributed by atoms with van der Waals surface area (Å²) >= 11 is 1.75. The van der Waals surface area contributed by atoms with Gasteiger partial charge >= 0.3 is 5.97 Å². The summed E-state index contributed by atoms with van der Waals surface area (Å²) in [5, 5.41) is 9.50. The van der Waals surface area contributed by atoms with Gasteiger partial charge in [0.25, 0.3) is 0 Å². The summed E-state index contributed by atoms with van der Waals surface area (Å²) in [6.45, 7) is 4.36. The van der Waals surface area contributed by atoms with Crippen molar-refractivity contribution < 1.29 is 14.6 Å². The van der Waals surface area contributed by atoms with Crippen LogP contribution in [0.1, 0.15) is 19.8 Å². The monoisotopic (exact) mass is 245 g/mol. The van der Waals surface area contributed by atoms with Crippen molar-refractivity contribution in [3.8, 4) is 0 Å². The molecule has 2 atom stereocenters. The number of aliphatic carboxylic acids is 1. The van der Waals surface area contributed by atoms with Gasteiger partial charge in [-0.15, -0.1) is 0 Å². The lowest BCUT2D eigenvalue weighted by molar-refractivity contribution is -0.150. The molecule has 0 amide bonds. The lowest BCUT2D eigenvalue weighted by Crippen LogP contribution is -2.56. The SMILES string of the molecule is CC1CN(C2(C(=O)O)CCSC2)CCCO1. The van der Waals surface area contributed by atoms with E-state index in [9.17, 15) is 9.90 Å². The Bertz CT molecular complexity index is 266. The van der Waals surface area contributed by atoms with E-state index >= 15 is 0 Å². The molecule has 5 heteroatoms. The van der Waals surface area contributed by atoms with E-state index in [0.717, 1.165) is 44.0 Å². The summed E-state index contributed by atoms with van der Waals surface area (Å²) in [7, 11) is 0. The molecular formula is C11H19NO3S. The van der Waals surface area contributed by atoms with Crippen LogP contribution in [0.25, 0.3) is 0 Å². The zero-order chi connectivity index (χ0) is 11.6. The summed E-state index contributed by atoms with van der Waals surface area (Å²) in [6, 6.07) is 0. The molecule has 0 saturated carbocycles. The van der Waals surface area contributed by atoms with E-state index in [1.807, 2.05) is 6.92 Å². The molecular weight excluding hydrogens is 226 g/mol. The van der Waals surface area contributed by atoms with Crippen LogP contribution in [0, 0.1) is 0 Å². The second kappa shape index (κ2) is 4.94. The first-order chi connectivity index (χ1) is 7.65. The first kappa shape index (κ1) is 12.2. The largest absolute Gasteiger partial charge is 0.480 e. The Kier molecular flexibility index (Phi) is 3.77. The number of nitrogens with zero attached hydrogens (tertiary/aromatic N) is 1. The Morgan fingerprint density at radius 2 is 2.44 bits per heavy atom. The predicted molar refractivity (Wildman–Crippen MR) is 63.9 cm³/mol. The van der Waals surface area contributed by atoms with Gasteiger partial charge in [0.2, 0.25) is 0 Å². The Morgan fingerprint density at radius 3 is 3.06 bits per heavy atom. The molecule has 2 unspecified atom stereocenters. The van der Waals surface area contributed by atoms with E-state index in [4.69, 9.17) is 4.74 Å². The van der Waals surface area contributed by atoms with Crippen LogP contribution >= 0.6 is 11.8 Å². The number of hydrogen-bond donors (Lipinski definition) is 1. The molecule has 0 aliphatic carbocycles. The fourth-order valence-electron chi connectivity index (χ4n) is 2.49. The van der Waals surface area contributed by atoms with Gasteiger partial charge < -0.3 is 9.84 Å². The van der Waals surface area contributed by atoms with Crippen molar-refractivity contribution in [2.75, 3.05) is 31.2 Å². The standard InChI is InChI=1S/C11H19NO3S/c1-9-7-12(4-2-5-15-9)11(10(13)14)3-6-16-8-11/h9H,2-8H2,1H3,(H,13,14). The van der Waals surface area contributed by atoms with Gasteiger partial charge in [-0.2, -0.15) is 11.8 Å². The van der Waals surface area contributed by atoms with Gasteiger partial charge in [-0.3, -0.25) is 9.69 Å². The zero-order valence-electron chi connectivity index (χ0n) is 9.65. The number of ether oxygens (including phenoxy) is 1. The molecule has 0 aromatic carbocycles. The van der Waals surface area contributed by atoms with Crippen LogP contribution < -0.4 is 0 Å². The Hall–Kier alpha value is -0.260. The molecule has 0 aromatic rings. The maximum absolute atomic E-state index is 11.5. The number of hydrogen-bond acceptors (Lipinski definition) is 4. The highest BCUT2D eigenvalue weighted by Crippen LogP contribution is 2.34. The highest BCUT2D eigenvalue weighted by atomic mass is 32.2. The third-order valence-electron chi connectivity index (χ3n) is 3.46. The molecule has 2 aliphatic rings. The van der Waals surface area contributed by atoms with Crippen molar-refractivity contribution in [3.05, 3.63) is 0 Å². The minimum Gasteiger partial charge on any atom is -0.480 e. The molecule has 0 aromatic heterocycles. The Morgan fingerprint density at radius 1 is 1.62 bits per heavy atom. The van der Waals surface area contributed by atoms with Crippen molar-refractivity contribution >= 4 is 17.7 Å². The quantitative estimate of drug-likeness (QED) is 0.788. The van der Waals surface area contributed by atoms with Crippen molar-refractivity contribution in [1.29, 1.82) is 0 Å². The van der Waals surface area contributed by atoms with Crippen molar-refractivity contribution in [1.82, 2.24) is 4.90 Å². The van der Waals surface area contributed by atoms with Gasteiger partial charge in [0.1, 0.15) is 5.54 Å². The van der Waals surface area contributed by atoms with E-state index in [-0.39, 0.29) is 6.10 Å². The minimum atomic E-state index is -0.661. The molecule has 1 N–H and O–H groups in total. The summed E-state index contributed by atoms with van der Waals surface area (Å²) < 4.78 is 5.58. The first-order valence-electron chi connectivity index (χ1n) is 5.83. The molecule has 0 radical (unpaired) electrons. The van der Waals surface area contributed by atoms with E-state index in [1.165, 1.54) is 0 Å². The van der Waals surface area contributed by atoms with Crippen molar-refractivity contribution in [3.63, 3.8) is 0 Å². The van der Waals surface area contributed by atoms with Gasteiger partial charge in [0, 0.05) is 25.4 Å². The van der Waals surface area contributed by atoms with Crippen LogP contribution in [0.2, 0.25) is 0 Å². The van der Waals surface area contributed by atoms with Gasteiger partial charge in [-0.05, 0) is 25.5 Å². The van der Waals surface area contributed by atoms with Crippen LogP contribution in [-0.4, -0.2) is 58.8 Å². The van der Waals surface area contributed by atoms with Crippen molar-refractivity contribution in [2.24, 2.45) is 0 Å². The van der Waals surface area contributed by atoms with Crippen LogP contribution in [0.3, 0.4) is 0 Å². The summed E-state index contributed by atoms with van der Waals surface area (Å²) in [6.07, 6.45) is 1.84. The Balaban J connectivity index is 2.15. The second-order valence-corrected chi connectivity index (χ2v) is 5.73. The molecule has 0 spiro atoms. The van der Waals surface area contributed by atoms with Crippen LogP contribution in [0.4, 0.5) is 0 Å². The Labute approximate surface area is 100 Å². The lowest BCUT2D eigenvalue weighted by atomic mass is 9.96. The molecule has 4 nitrogen and oxygen atoms in total. The van der Waals surface area contributed by atoms with Crippen molar-refractivity contribution in [2.45, 2.75) is 31.4 Å². The van der Waals surface area contributed by atoms with E-state index in [0.29, 0.717) is 0 Å². The average molecular weight is 245 g/mol. The number of carbonyl (C=O) groups is 1. The predicted octanol–water partition coefficient (Wildman–Crippen LogP) is 1.06. The van der Waals surface area contributed by atoms with Crippen LogP contribution in [0.5, 0.6) is 0 Å². The fourth-order valence-corrected chi connectivity index (χ4v) is 3.90. The minimum absolute atomic E-state index is 0.143.